The summed E-state index contributed by atoms with van der Waals surface area (Å²) in [7, 11) is 1.52. The van der Waals surface area contributed by atoms with Gasteiger partial charge in [-0.25, -0.2) is 4.98 Å². The second-order valence-electron chi connectivity index (χ2n) is 3.54. The molecule has 0 radical (unpaired) electrons. The van der Waals surface area contributed by atoms with E-state index in [1.165, 1.54) is 19.4 Å². The van der Waals surface area contributed by atoms with Gasteiger partial charge < -0.3 is 10.1 Å². The number of carbonyl (C=O) groups excluding carboxylic acids is 1. The van der Waals surface area contributed by atoms with Gasteiger partial charge in [0, 0.05) is 11.6 Å². The fourth-order valence-corrected chi connectivity index (χ4v) is 1.19. The van der Waals surface area contributed by atoms with Crippen LogP contribution >= 0.6 is 11.6 Å². The van der Waals surface area contributed by atoms with Crippen LogP contribution in [0.1, 0.15) is 6.92 Å². The lowest BCUT2D eigenvalue weighted by Crippen LogP contribution is -2.12. The number of aliphatic imine (C=N–C) groups is 1. The Morgan fingerprint density at radius 1 is 1.53 bits per heavy atom. The average Bonchev–Trinajstić information content (AvgIpc) is 2.44. The highest BCUT2D eigenvalue weighted by atomic mass is 35.5. The fourth-order valence-electron chi connectivity index (χ4n) is 1.13. The molecular formula is C13H14ClN3O2. The Labute approximate surface area is 116 Å². The van der Waals surface area contributed by atoms with Gasteiger partial charge in [0.2, 0.25) is 5.88 Å². The van der Waals surface area contributed by atoms with E-state index in [0.717, 1.165) is 0 Å². The van der Waals surface area contributed by atoms with Crippen molar-refractivity contribution in [3.05, 3.63) is 41.2 Å². The van der Waals surface area contributed by atoms with Crippen molar-refractivity contribution in [2.45, 2.75) is 6.92 Å². The van der Waals surface area contributed by atoms with Crippen molar-refractivity contribution in [2.75, 3.05) is 12.4 Å². The third-order valence-electron chi connectivity index (χ3n) is 2.18. The normalized spacial score (nSPS) is 11.9. The molecule has 0 aliphatic carbocycles. The molecule has 6 heteroatoms. The molecule has 0 fully saturated rings. The first-order valence-corrected chi connectivity index (χ1v) is 5.77. The molecule has 0 aliphatic heterocycles. The van der Waals surface area contributed by atoms with Gasteiger partial charge in [0.05, 0.1) is 19.0 Å². The molecule has 100 valence electrons. The predicted octanol–water partition coefficient (Wildman–Crippen LogP) is 2.76. The molecule has 0 atom stereocenters. The van der Waals surface area contributed by atoms with E-state index in [1.807, 2.05) is 0 Å². The molecular weight excluding hydrogens is 266 g/mol. The molecule has 19 heavy (non-hydrogen) atoms. The molecule has 1 aromatic heterocycles. The number of amides is 1. The fraction of sp³-hybridized carbons (Fsp3) is 0.154. The summed E-state index contributed by atoms with van der Waals surface area (Å²) in [5, 5.41) is 2.91. The van der Waals surface area contributed by atoms with Gasteiger partial charge in [0.1, 0.15) is 5.16 Å². The number of methoxy groups -OCH3 is 1. The van der Waals surface area contributed by atoms with Gasteiger partial charge in [-0.15, -0.1) is 0 Å². The van der Waals surface area contributed by atoms with E-state index in [4.69, 9.17) is 16.3 Å². The summed E-state index contributed by atoms with van der Waals surface area (Å²) in [4.78, 5) is 19.3. The first-order valence-electron chi connectivity index (χ1n) is 5.39. The number of nitrogens with one attached hydrogen (secondary N) is 1. The number of hydrogen-bond donors (Lipinski definition) is 1. The van der Waals surface area contributed by atoms with Crippen LogP contribution in [0.25, 0.3) is 0 Å². The van der Waals surface area contributed by atoms with E-state index >= 15 is 0 Å². The number of rotatable bonds is 5. The molecule has 0 bridgehead atoms. The van der Waals surface area contributed by atoms with Gasteiger partial charge in [0.15, 0.2) is 0 Å². The van der Waals surface area contributed by atoms with Crippen LogP contribution in [0.4, 0.5) is 5.69 Å². The number of halogens is 1. The van der Waals surface area contributed by atoms with Crippen molar-refractivity contribution in [3.63, 3.8) is 0 Å². The molecule has 1 N–H and O–H groups in total. The number of anilines is 1. The Morgan fingerprint density at radius 3 is 2.79 bits per heavy atom. The summed E-state index contributed by atoms with van der Waals surface area (Å²) in [6.07, 6.45) is 4.57. The van der Waals surface area contributed by atoms with Gasteiger partial charge in [-0.1, -0.05) is 17.7 Å². The molecule has 1 aromatic rings. The highest BCUT2D eigenvalue weighted by Gasteiger charge is 2.04. The summed E-state index contributed by atoms with van der Waals surface area (Å²) in [6, 6.07) is 3.36. The van der Waals surface area contributed by atoms with Gasteiger partial charge >= 0.3 is 0 Å². The zero-order valence-electron chi connectivity index (χ0n) is 10.7. The van der Waals surface area contributed by atoms with E-state index < -0.39 is 0 Å². The number of aromatic nitrogens is 1. The smallest absolute Gasteiger partial charge is 0.251 e. The molecule has 1 amide bonds. The van der Waals surface area contributed by atoms with Crippen LogP contribution < -0.4 is 10.1 Å². The van der Waals surface area contributed by atoms with Crippen molar-refractivity contribution < 1.29 is 9.53 Å². The molecule has 0 aromatic carbocycles. The minimum Gasteiger partial charge on any atom is -0.481 e. The number of hydrogen-bond acceptors (Lipinski definition) is 4. The van der Waals surface area contributed by atoms with Crippen LogP contribution in [-0.4, -0.2) is 24.7 Å². The molecule has 5 nitrogen and oxygen atoms in total. The van der Waals surface area contributed by atoms with Crippen LogP contribution in [0.3, 0.4) is 0 Å². The Balaban J connectivity index is 2.70. The summed E-state index contributed by atoms with van der Waals surface area (Å²) < 4.78 is 4.92. The lowest BCUT2D eigenvalue weighted by atomic mass is 10.2. The van der Waals surface area contributed by atoms with E-state index in [0.29, 0.717) is 17.1 Å². The highest BCUT2D eigenvalue weighted by Crippen LogP contribution is 2.12. The van der Waals surface area contributed by atoms with E-state index in [2.05, 4.69) is 22.0 Å². The molecule has 0 saturated heterocycles. The number of nitrogens with zero attached hydrogens (tertiary/aromatic N) is 2. The van der Waals surface area contributed by atoms with Gasteiger partial charge in [-0.2, -0.15) is 0 Å². The zero-order valence-corrected chi connectivity index (χ0v) is 11.4. The molecule has 0 saturated carbocycles. The zero-order chi connectivity index (χ0) is 14.3. The molecule has 0 spiro atoms. The maximum atomic E-state index is 11.8. The number of carbonyl (C=O) groups is 1. The Bertz CT molecular complexity index is 521. The van der Waals surface area contributed by atoms with Gasteiger partial charge in [-0.05, 0) is 25.8 Å². The number of allylic oxidation sites excluding steroid dienone is 2. The molecule has 1 rings (SSSR count). The lowest BCUT2D eigenvalue weighted by molar-refractivity contribution is -0.112. The minimum atomic E-state index is -0.253. The van der Waals surface area contributed by atoms with E-state index in [-0.39, 0.29) is 11.1 Å². The van der Waals surface area contributed by atoms with Crippen LogP contribution in [-0.2, 0) is 4.79 Å². The van der Waals surface area contributed by atoms with Crippen LogP contribution in [0, 0.1) is 0 Å². The third-order valence-corrected chi connectivity index (χ3v) is 2.43. The number of pyridine rings is 1. The maximum Gasteiger partial charge on any atom is 0.251 e. The van der Waals surface area contributed by atoms with Crippen LogP contribution in [0.5, 0.6) is 5.88 Å². The SMILES string of the molecule is C=NC(Cl)=CC=C(C)C(=O)Nc1ccc(OC)nc1. The van der Waals surface area contributed by atoms with Crippen molar-refractivity contribution in [1.82, 2.24) is 4.98 Å². The predicted molar refractivity (Wildman–Crippen MR) is 76.7 cm³/mol. The minimum absolute atomic E-state index is 0.221. The second-order valence-corrected chi connectivity index (χ2v) is 3.93. The van der Waals surface area contributed by atoms with Crippen molar-refractivity contribution in [2.24, 2.45) is 4.99 Å². The quantitative estimate of drug-likeness (QED) is 0.390. The van der Waals surface area contributed by atoms with E-state index in [1.54, 1.807) is 25.1 Å². The van der Waals surface area contributed by atoms with Gasteiger partial charge in [0.25, 0.3) is 5.91 Å². The average molecular weight is 280 g/mol. The van der Waals surface area contributed by atoms with Crippen molar-refractivity contribution in [3.8, 4) is 5.88 Å². The van der Waals surface area contributed by atoms with Crippen molar-refractivity contribution >= 4 is 29.9 Å². The Hall–Kier alpha value is -2.14. The molecule has 0 unspecified atom stereocenters. The summed E-state index contributed by atoms with van der Waals surface area (Å²) >= 11 is 5.64. The Morgan fingerprint density at radius 2 is 2.26 bits per heavy atom. The molecule has 1 heterocycles. The summed E-state index contributed by atoms with van der Waals surface area (Å²) in [5.41, 5.74) is 1.06. The number of ether oxygens (including phenoxy) is 1. The first-order chi connectivity index (χ1) is 9.06. The van der Waals surface area contributed by atoms with Crippen LogP contribution in [0.15, 0.2) is 46.2 Å². The summed E-state index contributed by atoms with van der Waals surface area (Å²) in [5.74, 6) is 0.230. The van der Waals surface area contributed by atoms with E-state index in [9.17, 15) is 4.79 Å². The maximum absolute atomic E-state index is 11.8. The summed E-state index contributed by atoms with van der Waals surface area (Å²) in [6.45, 7) is 4.93. The standard InChI is InChI=1S/C13H14ClN3O2/c1-9(4-6-11(14)15-2)13(18)17-10-5-7-12(19-3)16-8-10/h4-8H,2H2,1,3H3,(H,17,18). The lowest BCUT2D eigenvalue weighted by Gasteiger charge is -2.05. The topological polar surface area (TPSA) is 63.6 Å². The monoisotopic (exact) mass is 279 g/mol. The first kappa shape index (κ1) is 14.9. The third kappa shape index (κ3) is 4.93. The van der Waals surface area contributed by atoms with Crippen molar-refractivity contribution in [1.29, 1.82) is 0 Å². The van der Waals surface area contributed by atoms with Gasteiger partial charge in [-0.3, -0.25) is 9.79 Å². The largest absolute Gasteiger partial charge is 0.481 e. The second kappa shape index (κ2) is 7.33. The Kier molecular flexibility index (Phi) is 5.75. The highest BCUT2D eigenvalue weighted by molar-refractivity contribution is 6.29. The molecule has 0 aliphatic rings. The van der Waals surface area contributed by atoms with Crippen LogP contribution in [0.2, 0.25) is 0 Å².